The molecule has 0 bridgehead atoms. The van der Waals surface area contributed by atoms with Gasteiger partial charge in [-0.2, -0.15) is 5.10 Å². The summed E-state index contributed by atoms with van der Waals surface area (Å²) in [4.78, 5) is 26.8. The minimum absolute atomic E-state index is 0.106. The number of hydrogen-bond donors (Lipinski definition) is 2. The Morgan fingerprint density at radius 2 is 1.60 bits per heavy atom. The molecule has 5 rings (SSSR count). The summed E-state index contributed by atoms with van der Waals surface area (Å²) in [5, 5.41) is 10.5. The second kappa shape index (κ2) is 9.85. The SMILES string of the molecule is CN(Cc1cn(-c2ccccc2)nc1-c1ccccc1)C(=O)c1ccc(NC(=O)NC2CC2)cc1. The monoisotopic (exact) mass is 465 g/mol. The van der Waals surface area contributed by atoms with Gasteiger partial charge in [0.2, 0.25) is 0 Å². The predicted octanol–water partition coefficient (Wildman–Crippen LogP) is 5.10. The highest BCUT2D eigenvalue weighted by Gasteiger charge is 2.23. The number of amides is 3. The van der Waals surface area contributed by atoms with E-state index in [2.05, 4.69) is 10.6 Å². The van der Waals surface area contributed by atoms with Crippen LogP contribution in [0.5, 0.6) is 0 Å². The van der Waals surface area contributed by atoms with Gasteiger partial charge in [-0.05, 0) is 49.2 Å². The Hall–Kier alpha value is -4.39. The standard InChI is InChI=1S/C28H27N5O2/c1-32(27(34)21-12-14-23(15-13-21)29-28(35)30-24-16-17-24)18-22-19-33(25-10-6-3-7-11-25)31-26(22)20-8-4-2-5-9-20/h2-15,19,24H,16-18H2,1H3,(H2,29,30,35). The molecule has 1 fully saturated rings. The van der Waals surface area contributed by atoms with Crippen LogP contribution in [0.4, 0.5) is 10.5 Å². The molecular formula is C28H27N5O2. The van der Waals surface area contributed by atoms with Crippen molar-refractivity contribution in [1.29, 1.82) is 0 Å². The first-order valence-electron chi connectivity index (χ1n) is 11.7. The van der Waals surface area contributed by atoms with Gasteiger partial charge in [-0.25, -0.2) is 9.48 Å². The van der Waals surface area contributed by atoms with Crippen LogP contribution >= 0.6 is 0 Å². The molecule has 1 aliphatic rings. The van der Waals surface area contributed by atoms with Crippen LogP contribution in [-0.4, -0.2) is 39.7 Å². The lowest BCUT2D eigenvalue weighted by atomic mass is 10.1. The van der Waals surface area contributed by atoms with Crippen LogP contribution in [0.15, 0.2) is 91.1 Å². The summed E-state index contributed by atoms with van der Waals surface area (Å²) in [6, 6.07) is 26.9. The molecule has 0 unspecified atom stereocenters. The van der Waals surface area contributed by atoms with Crippen molar-refractivity contribution < 1.29 is 9.59 Å². The number of urea groups is 1. The third kappa shape index (κ3) is 5.41. The Morgan fingerprint density at radius 1 is 0.943 bits per heavy atom. The molecule has 0 spiro atoms. The van der Waals surface area contributed by atoms with Crippen molar-refractivity contribution >= 4 is 17.6 Å². The van der Waals surface area contributed by atoms with E-state index in [1.165, 1.54) is 0 Å². The highest BCUT2D eigenvalue weighted by atomic mass is 16.2. The van der Waals surface area contributed by atoms with E-state index in [4.69, 9.17) is 5.10 Å². The van der Waals surface area contributed by atoms with Crippen molar-refractivity contribution in [3.8, 4) is 16.9 Å². The lowest BCUT2D eigenvalue weighted by Crippen LogP contribution is -2.30. The molecule has 176 valence electrons. The number of benzene rings is 3. The first kappa shape index (κ1) is 22.4. The Labute approximate surface area is 204 Å². The number of carbonyl (C=O) groups is 2. The molecule has 0 radical (unpaired) electrons. The topological polar surface area (TPSA) is 79.3 Å². The third-order valence-corrected chi connectivity index (χ3v) is 5.91. The zero-order chi connectivity index (χ0) is 24.2. The van der Waals surface area contributed by atoms with E-state index < -0.39 is 0 Å². The van der Waals surface area contributed by atoms with Crippen LogP contribution in [0.3, 0.4) is 0 Å². The van der Waals surface area contributed by atoms with Crippen LogP contribution in [0.1, 0.15) is 28.8 Å². The minimum Gasteiger partial charge on any atom is -0.337 e. The van der Waals surface area contributed by atoms with Gasteiger partial charge in [0, 0.05) is 48.2 Å². The number of nitrogens with one attached hydrogen (secondary N) is 2. The largest absolute Gasteiger partial charge is 0.337 e. The molecule has 35 heavy (non-hydrogen) atoms. The van der Waals surface area contributed by atoms with Gasteiger partial charge in [0.05, 0.1) is 11.4 Å². The first-order chi connectivity index (χ1) is 17.1. The molecular weight excluding hydrogens is 438 g/mol. The number of anilines is 1. The number of aromatic nitrogens is 2. The van der Waals surface area contributed by atoms with E-state index in [1.54, 1.807) is 36.2 Å². The molecule has 4 aromatic rings. The number of para-hydroxylation sites is 1. The maximum atomic E-state index is 13.2. The van der Waals surface area contributed by atoms with Crippen LogP contribution in [0, 0.1) is 0 Å². The normalized spacial score (nSPS) is 12.7. The Bertz CT molecular complexity index is 1310. The summed E-state index contributed by atoms with van der Waals surface area (Å²) in [7, 11) is 1.78. The Morgan fingerprint density at radius 3 is 2.26 bits per heavy atom. The van der Waals surface area contributed by atoms with E-state index in [9.17, 15) is 9.59 Å². The summed E-state index contributed by atoms with van der Waals surface area (Å²) in [5.41, 5.74) is 4.95. The average molecular weight is 466 g/mol. The lowest BCUT2D eigenvalue weighted by molar-refractivity contribution is 0.0785. The predicted molar refractivity (Wildman–Crippen MR) is 136 cm³/mol. The Kier molecular flexibility index (Phi) is 6.30. The fraction of sp³-hybridized carbons (Fsp3) is 0.179. The lowest BCUT2D eigenvalue weighted by Gasteiger charge is -2.17. The van der Waals surface area contributed by atoms with Crippen molar-refractivity contribution in [2.45, 2.75) is 25.4 Å². The third-order valence-electron chi connectivity index (χ3n) is 5.91. The molecule has 0 atom stereocenters. The van der Waals surface area contributed by atoms with E-state index in [0.29, 0.717) is 17.8 Å². The van der Waals surface area contributed by atoms with Gasteiger partial charge in [-0.3, -0.25) is 4.79 Å². The quantitative estimate of drug-likeness (QED) is 0.399. The van der Waals surface area contributed by atoms with Gasteiger partial charge < -0.3 is 15.5 Å². The summed E-state index contributed by atoms with van der Waals surface area (Å²) in [6.45, 7) is 0.402. The van der Waals surface area contributed by atoms with Gasteiger partial charge >= 0.3 is 6.03 Å². The van der Waals surface area contributed by atoms with Gasteiger partial charge in [-0.1, -0.05) is 48.5 Å². The smallest absolute Gasteiger partial charge is 0.319 e. The van der Waals surface area contributed by atoms with Crippen LogP contribution < -0.4 is 10.6 Å². The highest BCUT2D eigenvalue weighted by molar-refractivity contribution is 5.95. The fourth-order valence-electron chi connectivity index (χ4n) is 3.90. The maximum absolute atomic E-state index is 13.2. The molecule has 3 aromatic carbocycles. The second-order valence-corrected chi connectivity index (χ2v) is 8.76. The zero-order valence-corrected chi connectivity index (χ0v) is 19.5. The van der Waals surface area contributed by atoms with Crippen molar-refractivity contribution in [1.82, 2.24) is 20.0 Å². The van der Waals surface area contributed by atoms with Gasteiger partial charge in [0.25, 0.3) is 5.91 Å². The van der Waals surface area contributed by atoms with E-state index >= 15 is 0 Å². The molecule has 2 N–H and O–H groups in total. The molecule has 0 aliphatic heterocycles. The first-order valence-corrected chi connectivity index (χ1v) is 11.7. The van der Waals surface area contributed by atoms with Crippen molar-refractivity contribution in [3.63, 3.8) is 0 Å². The molecule has 7 nitrogen and oxygen atoms in total. The fourth-order valence-corrected chi connectivity index (χ4v) is 3.90. The Balaban J connectivity index is 1.33. The van der Waals surface area contributed by atoms with Gasteiger partial charge in [-0.15, -0.1) is 0 Å². The molecule has 1 saturated carbocycles. The van der Waals surface area contributed by atoms with Crippen LogP contribution in [0.2, 0.25) is 0 Å². The number of hydrogen-bond acceptors (Lipinski definition) is 3. The average Bonchev–Trinajstić information content (AvgIpc) is 3.60. The number of nitrogens with zero attached hydrogens (tertiary/aromatic N) is 3. The molecule has 1 heterocycles. The van der Waals surface area contributed by atoms with Crippen molar-refractivity contribution in [3.05, 3.63) is 102 Å². The van der Waals surface area contributed by atoms with Crippen molar-refractivity contribution in [2.24, 2.45) is 0 Å². The van der Waals surface area contributed by atoms with E-state index in [0.717, 1.165) is 35.3 Å². The van der Waals surface area contributed by atoms with Crippen LogP contribution in [-0.2, 0) is 6.54 Å². The van der Waals surface area contributed by atoms with Gasteiger partial charge in [0.15, 0.2) is 0 Å². The molecule has 7 heteroatoms. The van der Waals surface area contributed by atoms with Crippen molar-refractivity contribution in [2.75, 3.05) is 12.4 Å². The molecule has 1 aliphatic carbocycles. The number of rotatable bonds is 7. The zero-order valence-electron chi connectivity index (χ0n) is 19.5. The highest BCUT2D eigenvalue weighted by Crippen LogP contribution is 2.25. The molecule has 0 saturated heterocycles. The molecule has 3 amide bonds. The summed E-state index contributed by atoms with van der Waals surface area (Å²) in [5.74, 6) is -0.106. The second-order valence-electron chi connectivity index (χ2n) is 8.76. The van der Waals surface area contributed by atoms with E-state index in [1.807, 2.05) is 71.5 Å². The molecule has 1 aromatic heterocycles. The summed E-state index contributed by atoms with van der Waals surface area (Å²) >= 11 is 0. The minimum atomic E-state index is -0.215. The van der Waals surface area contributed by atoms with Gasteiger partial charge in [0.1, 0.15) is 0 Å². The number of carbonyl (C=O) groups excluding carboxylic acids is 2. The summed E-state index contributed by atoms with van der Waals surface area (Å²) < 4.78 is 1.85. The summed E-state index contributed by atoms with van der Waals surface area (Å²) in [6.07, 6.45) is 4.04. The van der Waals surface area contributed by atoms with E-state index in [-0.39, 0.29) is 18.0 Å². The van der Waals surface area contributed by atoms with Crippen LogP contribution in [0.25, 0.3) is 16.9 Å². The maximum Gasteiger partial charge on any atom is 0.319 e.